The molecule has 4 bridgehead atoms. The average molecular weight is 533 g/mol. The van der Waals surface area contributed by atoms with Crippen LogP contribution >= 0.6 is 0 Å². The Morgan fingerprint density at radius 3 is 1.84 bits per heavy atom. The molecule has 6 nitrogen and oxygen atoms in total. The van der Waals surface area contributed by atoms with Crippen LogP contribution in [0.25, 0.3) is 0 Å². The van der Waals surface area contributed by atoms with Gasteiger partial charge in [-0.05, 0) is 130 Å². The molecule has 0 radical (unpaired) electrons. The summed E-state index contributed by atoms with van der Waals surface area (Å²) in [6.07, 6.45) is 11.9. The van der Waals surface area contributed by atoms with E-state index in [0.717, 1.165) is 43.4 Å². The lowest BCUT2D eigenvalue weighted by Gasteiger charge is -2.61. The van der Waals surface area contributed by atoms with Crippen LogP contribution in [0.3, 0.4) is 0 Å². The summed E-state index contributed by atoms with van der Waals surface area (Å²) in [5, 5.41) is 0. The number of ether oxygens (including phenoxy) is 3. The van der Waals surface area contributed by atoms with Crippen molar-refractivity contribution in [1.82, 2.24) is 0 Å². The summed E-state index contributed by atoms with van der Waals surface area (Å²) < 4.78 is 16.7. The minimum Gasteiger partial charge on any atom is -0.459 e. The van der Waals surface area contributed by atoms with Gasteiger partial charge in [0.25, 0.3) is 0 Å². The molecule has 6 fully saturated rings. The first-order valence-corrected chi connectivity index (χ1v) is 15.3. The summed E-state index contributed by atoms with van der Waals surface area (Å²) >= 11 is 0. The summed E-state index contributed by atoms with van der Waals surface area (Å²) in [6.45, 7) is 16.1. The Bertz CT molecular complexity index is 880. The number of hydrogen-bond donors (Lipinski definition) is 0. The normalized spacial score (nSPS) is 35.7. The third-order valence-corrected chi connectivity index (χ3v) is 11.2. The Morgan fingerprint density at radius 2 is 1.34 bits per heavy atom. The highest BCUT2D eigenvalue weighted by Gasteiger charge is 2.59. The van der Waals surface area contributed by atoms with Gasteiger partial charge in [-0.1, -0.05) is 13.8 Å². The molecule has 1 heterocycles. The van der Waals surface area contributed by atoms with E-state index in [9.17, 15) is 14.4 Å². The topological polar surface area (TPSA) is 78.9 Å². The molecule has 5 aliphatic carbocycles. The summed E-state index contributed by atoms with van der Waals surface area (Å²) in [5.41, 5.74) is -0.954. The fourth-order valence-corrected chi connectivity index (χ4v) is 7.86. The number of hydrogen-bond acceptors (Lipinski definition) is 6. The van der Waals surface area contributed by atoms with Crippen LogP contribution in [0.2, 0.25) is 0 Å². The van der Waals surface area contributed by atoms with Gasteiger partial charge in [-0.25, -0.2) is 4.79 Å². The summed E-state index contributed by atoms with van der Waals surface area (Å²) in [5.74, 6) is 2.11. The molecule has 6 aliphatic rings. The van der Waals surface area contributed by atoms with Gasteiger partial charge in [-0.15, -0.1) is 0 Å². The molecule has 3 atom stereocenters. The Kier molecular flexibility index (Phi) is 8.07. The SMILES string of the molecule is CCC(C)(C)C(=O)OC(C)(C)C12CC3CC(CC(C3)C1)C2.CCC(C)(C)C(=O)OC1C(=O)OC2CCCC21. The number of carbonyl (C=O) groups is 3. The highest BCUT2D eigenvalue weighted by atomic mass is 16.6. The van der Waals surface area contributed by atoms with Crippen LogP contribution in [0.1, 0.15) is 126 Å². The first-order valence-electron chi connectivity index (χ1n) is 15.3. The third kappa shape index (κ3) is 5.52. The van der Waals surface area contributed by atoms with E-state index in [1.165, 1.54) is 38.5 Å². The Hall–Kier alpha value is -1.59. The van der Waals surface area contributed by atoms with Crippen molar-refractivity contribution in [1.29, 1.82) is 0 Å². The molecule has 0 N–H and O–H groups in total. The van der Waals surface area contributed by atoms with Gasteiger partial charge in [0, 0.05) is 11.3 Å². The second-order valence-corrected chi connectivity index (χ2v) is 15.0. The van der Waals surface area contributed by atoms with E-state index in [2.05, 4.69) is 20.8 Å². The smallest absolute Gasteiger partial charge is 0.348 e. The van der Waals surface area contributed by atoms with E-state index in [1.54, 1.807) is 0 Å². The van der Waals surface area contributed by atoms with Crippen molar-refractivity contribution in [3.8, 4) is 0 Å². The zero-order valence-corrected chi connectivity index (χ0v) is 25.2. The highest BCUT2D eigenvalue weighted by Crippen LogP contribution is 2.64. The van der Waals surface area contributed by atoms with Crippen molar-refractivity contribution in [2.75, 3.05) is 0 Å². The highest BCUT2D eigenvalue weighted by molar-refractivity contribution is 5.83. The maximum absolute atomic E-state index is 12.6. The molecule has 1 aliphatic heterocycles. The van der Waals surface area contributed by atoms with Gasteiger partial charge >= 0.3 is 17.9 Å². The first-order chi connectivity index (χ1) is 17.6. The minimum atomic E-state index is -0.666. The molecule has 6 heteroatoms. The molecule has 216 valence electrons. The molecule has 38 heavy (non-hydrogen) atoms. The molecule has 0 aromatic heterocycles. The molecule has 5 saturated carbocycles. The van der Waals surface area contributed by atoms with Gasteiger partial charge in [0.15, 0.2) is 0 Å². The van der Waals surface area contributed by atoms with Crippen LogP contribution in [-0.2, 0) is 28.6 Å². The van der Waals surface area contributed by atoms with Crippen molar-refractivity contribution in [3.05, 3.63) is 0 Å². The summed E-state index contributed by atoms with van der Waals surface area (Å²) in [4.78, 5) is 36.2. The predicted octanol–water partition coefficient (Wildman–Crippen LogP) is 7.02. The number of fused-ring (bicyclic) bond motifs is 1. The fourth-order valence-electron chi connectivity index (χ4n) is 7.86. The van der Waals surface area contributed by atoms with Gasteiger partial charge in [0.05, 0.1) is 10.8 Å². The molecular weight excluding hydrogens is 480 g/mol. The maximum Gasteiger partial charge on any atom is 0.348 e. The van der Waals surface area contributed by atoms with Gasteiger partial charge < -0.3 is 14.2 Å². The van der Waals surface area contributed by atoms with E-state index in [0.29, 0.717) is 6.42 Å². The van der Waals surface area contributed by atoms with Crippen LogP contribution in [0.15, 0.2) is 0 Å². The Morgan fingerprint density at radius 1 is 0.842 bits per heavy atom. The average Bonchev–Trinajstić information content (AvgIpc) is 3.40. The Balaban J connectivity index is 0.000000181. The lowest BCUT2D eigenvalue weighted by atomic mass is 9.46. The fraction of sp³-hybridized carbons (Fsp3) is 0.906. The predicted molar refractivity (Wildman–Crippen MR) is 146 cm³/mol. The van der Waals surface area contributed by atoms with Crippen molar-refractivity contribution < 1.29 is 28.6 Å². The molecule has 0 amide bonds. The van der Waals surface area contributed by atoms with Crippen molar-refractivity contribution in [3.63, 3.8) is 0 Å². The van der Waals surface area contributed by atoms with Gasteiger partial charge in [-0.2, -0.15) is 0 Å². The van der Waals surface area contributed by atoms with Crippen molar-refractivity contribution in [2.24, 2.45) is 39.9 Å². The van der Waals surface area contributed by atoms with Crippen LogP contribution in [-0.4, -0.2) is 35.7 Å². The van der Waals surface area contributed by atoms with Gasteiger partial charge in [0.2, 0.25) is 6.10 Å². The van der Waals surface area contributed by atoms with Crippen LogP contribution in [0.4, 0.5) is 0 Å². The molecule has 0 aromatic carbocycles. The first kappa shape index (κ1) is 29.4. The lowest BCUT2D eigenvalue weighted by Crippen LogP contribution is -2.58. The molecule has 0 spiro atoms. The van der Waals surface area contributed by atoms with E-state index < -0.39 is 11.5 Å². The monoisotopic (exact) mass is 532 g/mol. The molecule has 0 aromatic rings. The largest absolute Gasteiger partial charge is 0.459 e. The number of esters is 3. The quantitative estimate of drug-likeness (QED) is 0.259. The third-order valence-electron chi connectivity index (χ3n) is 11.2. The van der Waals surface area contributed by atoms with E-state index in [1.807, 2.05) is 34.6 Å². The lowest BCUT2D eigenvalue weighted by molar-refractivity contribution is -0.206. The summed E-state index contributed by atoms with van der Waals surface area (Å²) in [7, 11) is 0. The maximum atomic E-state index is 12.6. The number of rotatable bonds is 7. The minimum absolute atomic E-state index is 0.00857. The second kappa shape index (κ2) is 10.4. The Labute approximate surface area is 230 Å². The zero-order chi connectivity index (χ0) is 28.1. The summed E-state index contributed by atoms with van der Waals surface area (Å²) in [6, 6.07) is 0. The van der Waals surface area contributed by atoms with Crippen LogP contribution in [0, 0.1) is 39.9 Å². The van der Waals surface area contributed by atoms with Gasteiger partial charge in [-0.3, -0.25) is 9.59 Å². The molecule has 6 rings (SSSR count). The van der Waals surface area contributed by atoms with E-state index in [-0.39, 0.29) is 46.4 Å². The molecule has 1 saturated heterocycles. The van der Waals surface area contributed by atoms with E-state index in [4.69, 9.17) is 14.2 Å². The zero-order valence-electron chi connectivity index (χ0n) is 25.2. The molecule has 3 unspecified atom stereocenters. The van der Waals surface area contributed by atoms with Crippen LogP contribution in [0.5, 0.6) is 0 Å². The number of carbonyl (C=O) groups excluding carboxylic acids is 3. The van der Waals surface area contributed by atoms with Crippen molar-refractivity contribution in [2.45, 2.75) is 144 Å². The second-order valence-electron chi connectivity index (χ2n) is 15.0. The van der Waals surface area contributed by atoms with E-state index >= 15 is 0 Å². The van der Waals surface area contributed by atoms with Crippen LogP contribution < -0.4 is 0 Å². The van der Waals surface area contributed by atoms with Crippen molar-refractivity contribution >= 4 is 17.9 Å². The van der Waals surface area contributed by atoms with Gasteiger partial charge in [0.1, 0.15) is 11.7 Å². The standard InChI is InChI=1S/C19H32O2.C13H20O4/c1-6-17(2,3)16(20)21-18(4,5)19-10-13-7-14(11-19)9-15(8-13)12-19;1-4-13(2,3)12(15)17-10-8-6-5-7-9(8)16-11(10)14/h13-15H,6-12H2,1-5H3;8-10H,4-7H2,1-3H3. The molecular formula is C32H52O6.